The van der Waals surface area contributed by atoms with E-state index < -0.39 is 0 Å². The Morgan fingerprint density at radius 3 is 2.58 bits per heavy atom. The van der Waals surface area contributed by atoms with Crippen molar-refractivity contribution in [2.45, 2.75) is 20.1 Å². The predicted octanol–water partition coefficient (Wildman–Crippen LogP) is 6.04. The summed E-state index contributed by atoms with van der Waals surface area (Å²) in [6, 6.07) is 11.3. The number of aromatic nitrogens is 1. The number of hydrogen-bond donors (Lipinski definition) is 1. The maximum absolute atomic E-state index is 6.44. The minimum atomic E-state index is 0.340. The Morgan fingerprint density at radius 1 is 1.04 bits per heavy atom. The second kappa shape index (κ2) is 9.12. The number of halogens is 2. The molecule has 0 radical (unpaired) electrons. The van der Waals surface area contributed by atoms with E-state index in [1.54, 1.807) is 12.3 Å². The van der Waals surface area contributed by atoms with Gasteiger partial charge in [-0.3, -0.25) is 0 Å². The van der Waals surface area contributed by atoms with Gasteiger partial charge in [0.25, 0.3) is 0 Å². The normalized spacial score (nSPS) is 10.6. The van der Waals surface area contributed by atoms with Crippen molar-refractivity contribution in [3.63, 3.8) is 0 Å². The molecule has 136 valence electrons. The first kappa shape index (κ1) is 18.8. The van der Waals surface area contributed by atoms with Gasteiger partial charge in [0.2, 0.25) is 0 Å². The van der Waals surface area contributed by atoms with Crippen LogP contribution < -0.4 is 14.8 Å². The molecule has 0 aliphatic heterocycles. The van der Waals surface area contributed by atoms with Crippen LogP contribution in [-0.2, 0) is 13.2 Å². The molecular weight excluding hydrogens is 391 g/mol. The minimum Gasteiger partial charge on any atom is -0.490 e. The fourth-order valence-corrected chi connectivity index (χ4v) is 3.28. The fraction of sp³-hybridized carbons (Fsp3) is 0.211. The molecule has 0 bridgehead atoms. The first-order valence-corrected chi connectivity index (χ1v) is 9.75. The molecule has 3 aromatic rings. The van der Waals surface area contributed by atoms with Crippen molar-refractivity contribution in [1.29, 1.82) is 0 Å². The number of anilines is 1. The van der Waals surface area contributed by atoms with Crippen LogP contribution in [0.2, 0.25) is 10.0 Å². The number of nitrogens with one attached hydrogen (secondary N) is 1. The van der Waals surface area contributed by atoms with Crippen LogP contribution in [0.4, 0.5) is 5.13 Å². The smallest absolute Gasteiger partial charge is 0.182 e. The molecule has 1 heterocycles. The first-order chi connectivity index (χ1) is 12.7. The van der Waals surface area contributed by atoms with Gasteiger partial charge in [0, 0.05) is 39.8 Å². The average molecular weight is 409 g/mol. The largest absolute Gasteiger partial charge is 0.490 e. The van der Waals surface area contributed by atoms with Crippen molar-refractivity contribution in [1.82, 2.24) is 4.98 Å². The fourth-order valence-electron chi connectivity index (χ4n) is 2.35. The molecule has 26 heavy (non-hydrogen) atoms. The monoisotopic (exact) mass is 408 g/mol. The van der Waals surface area contributed by atoms with Crippen LogP contribution in [0.3, 0.4) is 0 Å². The van der Waals surface area contributed by atoms with E-state index in [2.05, 4.69) is 10.3 Å². The van der Waals surface area contributed by atoms with Crippen LogP contribution in [0, 0.1) is 0 Å². The predicted molar refractivity (Wildman–Crippen MR) is 108 cm³/mol. The van der Waals surface area contributed by atoms with Crippen LogP contribution in [0.25, 0.3) is 0 Å². The molecule has 3 rings (SSSR count). The van der Waals surface area contributed by atoms with Gasteiger partial charge < -0.3 is 14.8 Å². The topological polar surface area (TPSA) is 43.4 Å². The lowest BCUT2D eigenvalue weighted by atomic mass is 10.2. The van der Waals surface area contributed by atoms with Gasteiger partial charge in [-0.1, -0.05) is 41.4 Å². The molecule has 0 fully saturated rings. The summed E-state index contributed by atoms with van der Waals surface area (Å²) in [7, 11) is 0. The van der Waals surface area contributed by atoms with E-state index in [9.17, 15) is 0 Å². The van der Waals surface area contributed by atoms with Crippen LogP contribution in [0.5, 0.6) is 11.5 Å². The molecule has 0 amide bonds. The van der Waals surface area contributed by atoms with E-state index in [0.29, 0.717) is 41.3 Å². The lowest BCUT2D eigenvalue weighted by molar-refractivity contribution is 0.269. The van der Waals surface area contributed by atoms with Crippen molar-refractivity contribution in [3.05, 3.63) is 69.1 Å². The van der Waals surface area contributed by atoms with Crippen molar-refractivity contribution < 1.29 is 9.47 Å². The third kappa shape index (κ3) is 4.81. The van der Waals surface area contributed by atoms with Gasteiger partial charge in [0.1, 0.15) is 6.61 Å². The average Bonchev–Trinajstić information content (AvgIpc) is 3.15. The summed E-state index contributed by atoms with van der Waals surface area (Å²) in [6.45, 7) is 3.35. The molecule has 7 heteroatoms. The molecule has 0 saturated carbocycles. The molecule has 1 aromatic heterocycles. The van der Waals surface area contributed by atoms with Crippen molar-refractivity contribution in [2.24, 2.45) is 0 Å². The lowest BCUT2D eigenvalue weighted by Crippen LogP contribution is -2.04. The molecule has 0 atom stereocenters. The van der Waals surface area contributed by atoms with Crippen molar-refractivity contribution in [3.8, 4) is 11.5 Å². The highest BCUT2D eigenvalue weighted by atomic mass is 35.5. The Hall–Kier alpha value is -1.95. The first-order valence-electron chi connectivity index (χ1n) is 8.12. The zero-order valence-electron chi connectivity index (χ0n) is 14.2. The van der Waals surface area contributed by atoms with Crippen LogP contribution in [0.1, 0.15) is 18.1 Å². The summed E-state index contributed by atoms with van der Waals surface area (Å²) < 4.78 is 11.6. The molecule has 1 N–H and O–H groups in total. The van der Waals surface area contributed by atoms with Gasteiger partial charge in [0.15, 0.2) is 16.6 Å². The zero-order valence-corrected chi connectivity index (χ0v) is 16.5. The van der Waals surface area contributed by atoms with Crippen LogP contribution >= 0.6 is 34.5 Å². The summed E-state index contributed by atoms with van der Waals surface area (Å²) in [4.78, 5) is 4.20. The Balaban J connectivity index is 1.76. The van der Waals surface area contributed by atoms with Crippen molar-refractivity contribution >= 4 is 39.7 Å². The van der Waals surface area contributed by atoms with Gasteiger partial charge in [-0.25, -0.2) is 4.98 Å². The summed E-state index contributed by atoms with van der Waals surface area (Å²) in [5.74, 6) is 1.25. The molecule has 0 saturated heterocycles. The van der Waals surface area contributed by atoms with Crippen LogP contribution in [0.15, 0.2) is 48.0 Å². The van der Waals surface area contributed by atoms with Crippen molar-refractivity contribution in [2.75, 3.05) is 11.9 Å². The van der Waals surface area contributed by atoms with Crippen LogP contribution in [-0.4, -0.2) is 11.6 Å². The molecular formula is C19H18Cl2N2O2S. The molecule has 2 aromatic carbocycles. The highest BCUT2D eigenvalue weighted by Gasteiger charge is 2.12. The number of thiazole rings is 1. The van der Waals surface area contributed by atoms with E-state index >= 15 is 0 Å². The van der Waals surface area contributed by atoms with E-state index in [0.717, 1.165) is 16.3 Å². The Labute approximate surface area is 166 Å². The maximum Gasteiger partial charge on any atom is 0.182 e. The second-order valence-corrected chi connectivity index (χ2v) is 7.10. The summed E-state index contributed by atoms with van der Waals surface area (Å²) in [6.07, 6.45) is 1.76. The van der Waals surface area contributed by atoms with E-state index in [1.165, 1.54) is 11.3 Å². The number of ether oxygens (including phenoxy) is 2. The standard InChI is InChI=1S/C19H18Cl2N2O2S/c1-2-24-17-9-14(11-23-19-22-7-8-26-19)16(21)10-18(17)25-12-13-5-3-4-6-15(13)20/h3-10H,2,11-12H2,1H3,(H,22,23). The lowest BCUT2D eigenvalue weighted by Gasteiger charge is -2.15. The molecule has 0 unspecified atom stereocenters. The summed E-state index contributed by atoms with van der Waals surface area (Å²) >= 11 is 14.2. The molecule has 4 nitrogen and oxygen atoms in total. The highest BCUT2D eigenvalue weighted by Crippen LogP contribution is 2.35. The van der Waals surface area contributed by atoms with Gasteiger partial charge in [0.05, 0.1) is 6.61 Å². The van der Waals surface area contributed by atoms with Gasteiger partial charge in [-0.15, -0.1) is 11.3 Å². The molecule has 0 spiro atoms. The van der Waals surface area contributed by atoms with E-state index in [1.807, 2.05) is 42.6 Å². The zero-order chi connectivity index (χ0) is 18.4. The van der Waals surface area contributed by atoms with Gasteiger partial charge in [-0.2, -0.15) is 0 Å². The Kier molecular flexibility index (Phi) is 6.61. The quantitative estimate of drug-likeness (QED) is 0.493. The van der Waals surface area contributed by atoms with E-state index in [4.69, 9.17) is 32.7 Å². The second-order valence-electron chi connectivity index (χ2n) is 5.39. The van der Waals surface area contributed by atoms with Gasteiger partial charge >= 0.3 is 0 Å². The third-order valence-corrected chi connectivity index (χ3v) is 5.07. The number of nitrogens with zero attached hydrogens (tertiary/aromatic N) is 1. The summed E-state index contributed by atoms with van der Waals surface area (Å²) in [5.41, 5.74) is 1.82. The molecule has 0 aliphatic carbocycles. The van der Waals surface area contributed by atoms with Gasteiger partial charge in [-0.05, 0) is 24.6 Å². The highest BCUT2D eigenvalue weighted by molar-refractivity contribution is 7.13. The van der Waals surface area contributed by atoms with E-state index in [-0.39, 0.29) is 0 Å². The minimum absolute atomic E-state index is 0.340. The number of hydrogen-bond acceptors (Lipinski definition) is 5. The molecule has 0 aliphatic rings. The Morgan fingerprint density at radius 2 is 1.85 bits per heavy atom. The summed E-state index contributed by atoms with van der Waals surface area (Å²) in [5, 5.41) is 7.28. The Bertz CT molecular complexity index is 857. The maximum atomic E-state index is 6.44. The number of benzene rings is 2. The third-order valence-electron chi connectivity index (χ3n) is 3.62. The SMILES string of the molecule is CCOc1cc(CNc2nccs2)c(Cl)cc1OCc1ccccc1Cl. The number of rotatable bonds is 8.